The molecule has 0 bridgehead atoms. The largest absolute Gasteiger partial charge is 0.497 e. The van der Waals surface area contributed by atoms with Crippen molar-refractivity contribution in [1.82, 2.24) is 9.97 Å². The summed E-state index contributed by atoms with van der Waals surface area (Å²) in [5.74, 6) is 2.26. The minimum absolute atomic E-state index is 0.614. The predicted molar refractivity (Wildman–Crippen MR) is 106 cm³/mol. The third kappa shape index (κ3) is 4.72. The number of nitrogens with zero attached hydrogens (tertiary/aromatic N) is 2. The third-order valence-electron chi connectivity index (χ3n) is 4.13. The summed E-state index contributed by atoms with van der Waals surface area (Å²) < 4.78 is 5.26. The number of methoxy groups -OCH3 is 1. The molecule has 0 aliphatic carbocycles. The second-order valence-corrected chi connectivity index (χ2v) is 6.24. The van der Waals surface area contributed by atoms with Gasteiger partial charge in [-0.2, -0.15) is 4.98 Å². The first-order valence-electron chi connectivity index (χ1n) is 8.68. The standard InChI is InChI=1S/C21H24N4O/c1-15-7-8-19(16(2)13-15)24-20-10-12-23-21(25-20)22-11-9-17-5-4-6-18(14-17)26-3/h4-8,10,12-14H,9,11H2,1-3H3,(H2,22,23,24,25). The van der Waals surface area contributed by atoms with Crippen molar-refractivity contribution in [1.29, 1.82) is 0 Å². The van der Waals surface area contributed by atoms with Gasteiger partial charge < -0.3 is 15.4 Å². The van der Waals surface area contributed by atoms with E-state index >= 15 is 0 Å². The number of hydrogen-bond donors (Lipinski definition) is 2. The van der Waals surface area contributed by atoms with Gasteiger partial charge in [-0.25, -0.2) is 4.98 Å². The average Bonchev–Trinajstić information content (AvgIpc) is 2.65. The van der Waals surface area contributed by atoms with Crippen molar-refractivity contribution in [2.75, 3.05) is 24.3 Å². The number of ether oxygens (including phenoxy) is 1. The summed E-state index contributed by atoms with van der Waals surface area (Å²) in [5.41, 5.74) is 4.70. The minimum atomic E-state index is 0.614. The van der Waals surface area contributed by atoms with E-state index in [0.717, 1.165) is 30.2 Å². The fourth-order valence-corrected chi connectivity index (χ4v) is 2.75. The van der Waals surface area contributed by atoms with Crippen LogP contribution in [0.5, 0.6) is 5.75 Å². The fraction of sp³-hybridized carbons (Fsp3) is 0.238. The molecule has 26 heavy (non-hydrogen) atoms. The Morgan fingerprint density at radius 1 is 1.04 bits per heavy atom. The molecule has 0 saturated carbocycles. The van der Waals surface area contributed by atoms with Gasteiger partial charge >= 0.3 is 0 Å². The summed E-state index contributed by atoms with van der Waals surface area (Å²) in [5, 5.41) is 6.63. The van der Waals surface area contributed by atoms with Gasteiger partial charge in [0.05, 0.1) is 7.11 Å². The Morgan fingerprint density at radius 3 is 2.73 bits per heavy atom. The lowest BCUT2D eigenvalue weighted by Gasteiger charge is -2.11. The molecule has 0 atom stereocenters. The van der Waals surface area contributed by atoms with Crippen LogP contribution in [0, 0.1) is 13.8 Å². The summed E-state index contributed by atoms with van der Waals surface area (Å²) in [7, 11) is 1.68. The third-order valence-corrected chi connectivity index (χ3v) is 4.13. The molecule has 0 aliphatic heterocycles. The van der Waals surface area contributed by atoms with Crippen LogP contribution < -0.4 is 15.4 Å². The topological polar surface area (TPSA) is 59.1 Å². The van der Waals surface area contributed by atoms with Gasteiger partial charge in [0.2, 0.25) is 5.95 Å². The van der Waals surface area contributed by atoms with E-state index in [1.165, 1.54) is 16.7 Å². The number of nitrogens with one attached hydrogen (secondary N) is 2. The molecule has 0 radical (unpaired) electrons. The zero-order valence-corrected chi connectivity index (χ0v) is 15.4. The Balaban J connectivity index is 1.60. The fourth-order valence-electron chi connectivity index (χ4n) is 2.75. The first-order valence-corrected chi connectivity index (χ1v) is 8.68. The molecule has 0 spiro atoms. The summed E-state index contributed by atoms with van der Waals surface area (Å²) in [6.45, 7) is 4.93. The van der Waals surface area contributed by atoms with Crippen molar-refractivity contribution in [3.05, 3.63) is 71.4 Å². The van der Waals surface area contributed by atoms with E-state index < -0.39 is 0 Å². The SMILES string of the molecule is COc1cccc(CCNc2nccc(Nc3ccc(C)cc3C)n2)c1. The summed E-state index contributed by atoms with van der Waals surface area (Å²) in [6, 6.07) is 16.3. The quantitative estimate of drug-likeness (QED) is 0.658. The Hall–Kier alpha value is -3.08. The van der Waals surface area contributed by atoms with Crippen LogP contribution in [-0.4, -0.2) is 23.6 Å². The Morgan fingerprint density at radius 2 is 1.92 bits per heavy atom. The lowest BCUT2D eigenvalue weighted by molar-refractivity contribution is 0.414. The first-order chi connectivity index (χ1) is 12.6. The van der Waals surface area contributed by atoms with E-state index in [1.54, 1.807) is 13.3 Å². The van der Waals surface area contributed by atoms with Crippen LogP contribution in [0.2, 0.25) is 0 Å². The van der Waals surface area contributed by atoms with E-state index in [2.05, 4.69) is 58.7 Å². The number of rotatable bonds is 7. The second-order valence-electron chi connectivity index (χ2n) is 6.24. The normalized spacial score (nSPS) is 10.4. The summed E-state index contributed by atoms with van der Waals surface area (Å²) in [4.78, 5) is 8.83. The van der Waals surface area contributed by atoms with Gasteiger partial charge in [0.25, 0.3) is 0 Å². The van der Waals surface area contributed by atoms with Crippen molar-refractivity contribution < 1.29 is 4.74 Å². The molecule has 0 unspecified atom stereocenters. The molecule has 2 N–H and O–H groups in total. The van der Waals surface area contributed by atoms with Crippen LogP contribution in [0.4, 0.5) is 17.5 Å². The maximum Gasteiger partial charge on any atom is 0.224 e. The van der Waals surface area contributed by atoms with Crippen LogP contribution in [0.3, 0.4) is 0 Å². The lowest BCUT2D eigenvalue weighted by Crippen LogP contribution is -2.09. The molecule has 0 aliphatic rings. The lowest BCUT2D eigenvalue weighted by atomic mass is 10.1. The molecule has 134 valence electrons. The molecule has 0 amide bonds. The van der Waals surface area contributed by atoms with Crippen molar-refractivity contribution in [3.8, 4) is 5.75 Å². The molecule has 2 aromatic carbocycles. The van der Waals surface area contributed by atoms with E-state index in [0.29, 0.717) is 5.95 Å². The number of anilines is 3. The van der Waals surface area contributed by atoms with E-state index in [1.807, 2.05) is 24.3 Å². The maximum atomic E-state index is 5.26. The highest BCUT2D eigenvalue weighted by atomic mass is 16.5. The van der Waals surface area contributed by atoms with Crippen LogP contribution in [-0.2, 0) is 6.42 Å². The van der Waals surface area contributed by atoms with E-state index in [9.17, 15) is 0 Å². The molecule has 5 heteroatoms. The first kappa shape index (κ1) is 17.7. The molecule has 1 aromatic heterocycles. The van der Waals surface area contributed by atoms with Gasteiger partial charge in [-0.3, -0.25) is 0 Å². The molecular weight excluding hydrogens is 324 g/mol. The smallest absolute Gasteiger partial charge is 0.224 e. The van der Waals surface area contributed by atoms with Crippen molar-refractivity contribution in [3.63, 3.8) is 0 Å². The van der Waals surface area contributed by atoms with Gasteiger partial charge in [-0.15, -0.1) is 0 Å². The number of hydrogen-bond acceptors (Lipinski definition) is 5. The van der Waals surface area contributed by atoms with Crippen LogP contribution in [0.1, 0.15) is 16.7 Å². The highest BCUT2D eigenvalue weighted by Gasteiger charge is 2.03. The highest BCUT2D eigenvalue weighted by molar-refractivity contribution is 5.61. The summed E-state index contributed by atoms with van der Waals surface area (Å²) >= 11 is 0. The van der Waals surface area contributed by atoms with Gasteiger partial charge in [0.15, 0.2) is 0 Å². The van der Waals surface area contributed by atoms with Crippen molar-refractivity contribution in [2.24, 2.45) is 0 Å². The molecule has 0 saturated heterocycles. The molecular formula is C21H24N4O. The average molecular weight is 348 g/mol. The number of aromatic nitrogens is 2. The number of aryl methyl sites for hydroxylation is 2. The summed E-state index contributed by atoms with van der Waals surface area (Å²) in [6.07, 6.45) is 2.63. The Bertz CT molecular complexity index is 879. The molecule has 0 fully saturated rings. The molecule has 3 aromatic rings. The van der Waals surface area contributed by atoms with Crippen molar-refractivity contribution >= 4 is 17.5 Å². The van der Waals surface area contributed by atoms with Gasteiger partial charge in [0.1, 0.15) is 11.6 Å². The zero-order chi connectivity index (χ0) is 18.4. The Labute approximate surface area is 154 Å². The van der Waals surface area contributed by atoms with E-state index in [-0.39, 0.29) is 0 Å². The van der Waals surface area contributed by atoms with Crippen molar-refractivity contribution in [2.45, 2.75) is 20.3 Å². The molecule has 3 rings (SSSR count). The van der Waals surface area contributed by atoms with Gasteiger partial charge in [0, 0.05) is 18.4 Å². The Kier molecular flexibility index (Phi) is 5.69. The molecule has 5 nitrogen and oxygen atoms in total. The van der Waals surface area contributed by atoms with E-state index in [4.69, 9.17) is 4.74 Å². The minimum Gasteiger partial charge on any atom is -0.497 e. The van der Waals surface area contributed by atoms with Crippen LogP contribution in [0.15, 0.2) is 54.7 Å². The highest BCUT2D eigenvalue weighted by Crippen LogP contribution is 2.20. The predicted octanol–water partition coefficient (Wildman–Crippen LogP) is 4.50. The number of benzene rings is 2. The monoisotopic (exact) mass is 348 g/mol. The van der Waals surface area contributed by atoms with Crippen LogP contribution in [0.25, 0.3) is 0 Å². The maximum absolute atomic E-state index is 5.26. The van der Waals surface area contributed by atoms with Gasteiger partial charge in [-0.1, -0.05) is 29.8 Å². The van der Waals surface area contributed by atoms with Gasteiger partial charge in [-0.05, 0) is 55.7 Å². The zero-order valence-electron chi connectivity index (χ0n) is 15.4. The molecule has 1 heterocycles. The second kappa shape index (κ2) is 8.34. The van der Waals surface area contributed by atoms with Crippen LogP contribution >= 0.6 is 0 Å².